The number of piperidine rings is 1. The molecule has 5 nitrogen and oxygen atoms in total. The molecule has 2 aromatic carbocycles. The molecular formula is C23H22F6N2O3. The minimum absolute atomic E-state index is 0.0729. The van der Waals surface area contributed by atoms with E-state index in [9.17, 15) is 31.1 Å². The molecule has 4 atom stereocenters. The molecule has 184 valence electrons. The van der Waals surface area contributed by atoms with Crippen molar-refractivity contribution in [2.75, 3.05) is 13.2 Å². The molecule has 2 fully saturated rings. The first-order valence-electron chi connectivity index (χ1n) is 10.6. The molecule has 2 aliphatic heterocycles. The van der Waals surface area contributed by atoms with Gasteiger partial charge in [-0.05, 0) is 36.2 Å². The van der Waals surface area contributed by atoms with Crippen molar-refractivity contribution in [3.8, 4) is 0 Å². The molecule has 2 saturated heterocycles. The molecule has 0 aromatic heterocycles. The van der Waals surface area contributed by atoms with Crippen LogP contribution in [0.5, 0.6) is 0 Å². The van der Waals surface area contributed by atoms with E-state index in [0.29, 0.717) is 25.1 Å². The summed E-state index contributed by atoms with van der Waals surface area (Å²) >= 11 is 0. The number of carbonyl (C=O) groups is 1. The number of amides is 1. The van der Waals surface area contributed by atoms with Crippen molar-refractivity contribution in [2.24, 2.45) is 0 Å². The molecular weight excluding hydrogens is 466 g/mol. The number of nitrogens with one attached hydrogen (secondary N) is 2. The van der Waals surface area contributed by atoms with Crippen LogP contribution >= 0.6 is 0 Å². The zero-order chi connectivity index (χ0) is 24.7. The number of benzene rings is 2. The summed E-state index contributed by atoms with van der Waals surface area (Å²) in [5, 5.41) is 6.04. The first kappa shape index (κ1) is 24.3. The average molecular weight is 488 g/mol. The van der Waals surface area contributed by atoms with E-state index >= 15 is 0 Å². The van der Waals surface area contributed by atoms with E-state index in [0.717, 1.165) is 5.56 Å². The van der Waals surface area contributed by atoms with Crippen molar-refractivity contribution in [2.45, 2.75) is 49.5 Å². The smallest absolute Gasteiger partial charge is 0.416 e. The summed E-state index contributed by atoms with van der Waals surface area (Å²) in [7, 11) is 0. The summed E-state index contributed by atoms with van der Waals surface area (Å²) in [6, 6.07) is 10.3. The molecule has 34 heavy (non-hydrogen) atoms. The number of halogens is 6. The van der Waals surface area contributed by atoms with E-state index in [1.807, 2.05) is 18.2 Å². The second kappa shape index (κ2) is 8.77. The van der Waals surface area contributed by atoms with Gasteiger partial charge in [-0.2, -0.15) is 26.3 Å². The van der Waals surface area contributed by atoms with Crippen LogP contribution < -0.4 is 10.6 Å². The minimum atomic E-state index is -4.94. The lowest BCUT2D eigenvalue weighted by molar-refractivity contribution is -0.143. The van der Waals surface area contributed by atoms with Crippen molar-refractivity contribution in [1.29, 1.82) is 0 Å². The topological polar surface area (TPSA) is 59.6 Å². The predicted molar refractivity (Wildman–Crippen MR) is 109 cm³/mol. The fourth-order valence-corrected chi connectivity index (χ4v) is 4.33. The van der Waals surface area contributed by atoms with Gasteiger partial charge in [0.15, 0.2) is 0 Å². The number of hydrogen-bond donors (Lipinski definition) is 2. The highest BCUT2D eigenvalue weighted by molar-refractivity contribution is 5.70. The molecule has 0 spiro atoms. The van der Waals surface area contributed by atoms with Crippen LogP contribution in [0.2, 0.25) is 0 Å². The molecule has 11 heteroatoms. The molecule has 0 aliphatic carbocycles. The Morgan fingerprint density at radius 1 is 1.06 bits per heavy atom. The summed E-state index contributed by atoms with van der Waals surface area (Å²) in [6.45, 7) is 1.68. The normalized spacial score (nSPS) is 25.9. The lowest BCUT2D eigenvalue weighted by atomic mass is 9.80. The van der Waals surface area contributed by atoms with Gasteiger partial charge in [-0.25, -0.2) is 4.79 Å². The quantitative estimate of drug-likeness (QED) is 0.571. The maximum atomic E-state index is 13.2. The fraction of sp³-hybridized carbons (Fsp3) is 0.435. The monoisotopic (exact) mass is 488 g/mol. The molecule has 0 saturated carbocycles. The van der Waals surface area contributed by atoms with Crippen LogP contribution in [0.4, 0.5) is 31.1 Å². The Hall–Kier alpha value is -2.79. The molecule has 2 aromatic rings. The zero-order valence-corrected chi connectivity index (χ0v) is 18.0. The van der Waals surface area contributed by atoms with Gasteiger partial charge >= 0.3 is 18.4 Å². The average Bonchev–Trinajstić information content (AvgIpc) is 3.15. The van der Waals surface area contributed by atoms with Crippen molar-refractivity contribution in [3.05, 3.63) is 70.8 Å². The third kappa shape index (κ3) is 5.00. The second-order valence-electron chi connectivity index (χ2n) is 8.52. The lowest BCUT2D eigenvalue weighted by Crippen LogP contribution is -2.59. The molecule has 0 radical (unpaired) electrons. The van der Waals surface area contributed by atoms with E-state index in [2.05, 4.69) is 10.6 Å². The lowest BCUT2D eigenvalue weighted by Gasteiger charge is -2.42. The Labute approximate surface area is 191 Å². The first-order valence-corrected chi connectivity index (χ1v) is 10.6. The van der Waals surface area contributed by atoms with E-state index < -0.39 is 47.3 Å². The predicted octanol–water partition coefficient (Wildman–Crippen LogP) is 5.17. The summed E-state index contributed by atoms with van der Waals surface area (Å²) in [5.41, 5.74) is -3.10. The van der Waals surface area contributed by atoms with Crippen LogP contribution in [0.15, 0.2) is 48.5 Å². The standard InChI is InChI=1S/C23H22F6N2O3/c1-13(14-7-16(22(24,25)26)9-17(8-14)23(27,28)29)33-12-21(15-5-3-2-4-6-15)10-19-18(11-30-21)31-20(32)34-19/h2-9,13,18-19,30H,10-12H2,1H3,(H,31,32)/t13?,18?,19?,21-/m1/s1. The molecule has 0 bridgehead atoms. The van der Waals surface area contributed by atoms with E-state index in [-0.39, 0.29) is 24.3 Å². The third-order valence-corrected chi connectivity index (χ3v) is 6.21. The SMILES string of the molecule is CC(OC[C@@]1(c2ccccc2)CC2OC(=O)NC2CN1)c1cc(C(F)(F)F)cc(C(F)(F)F)c1. The summed E-state index contributed by atoms with van der Waals surface area (Å²) in [6.07, 6.45) is -11.7. The van der Waals surface area contributed by atoms with Gasteiger partial charge in [0, 0.05) is 13.0 Å². The van der Waals surface area contributed by atoms with Gasteiger partial charge < -0.3 is 20.1 Å². The highest BCUT2D eigenvalue weighted by atomic mass is 19.4. The molecule has 1 amide bonds. The molecule has 4 rings (SSSR count). The van der Waals surface area contributed by atoms with Crippen LogP contribution in [0, 0.1) is 0 Å². The number of carbonyl (C=O) groups excluding carboxylic acids is 1. The van der Waals surface area contributed by atoms with Crippen LogP contribution in [0.1, 0.15) is 41.7 Å². The molecule has 2 aliphatic rings. The van der Waals surface area contributed by atoms with Crippen LogP contribution in [0.25, 0.3) is 0 Å². The summed E-state index contributed by atoms with van der Waals surface area (Å²) in [4.78, 5) is 11.7. The number of alkyl halides is 6. The van der Waals surface area contributed by atoms with Crippen LogP contribution in [-0.2, 0) is 27.4 Å². The maximum Gasteiger partial charge on any atom is 0.416 e. The highest BCUT2D eigenvalue weighted by Crippen LogP contribution is 2.39. The van der Waals surface area contributed by atoms with Gasteiger partial charge in [0.25, 0.3) is 0 Å². The number of hydrogen-bond acceptors (Lipinski definition) is 4. The Balaban J connectivity index is 1.61. The van der Waals surface area contributed by atoms with Gasteiger partial charge in [0.2, 0.25) is 0 Å². The molecule has 2 heterocycles. The van der Waals surface area contributed by atoms with Crippen molar-refractivity contribution in [1.82, 2.24) is 10.6 Å². The largest absolute Gasteiger partial charge is 0.444 e. The van der Waals surface area contributed by atoms with Crippen molar-refractivity contribution < 1.29 is 40.6 Å². The number of fused-ring (bicyclic) bond motifs is 1. The molecule has 2 N–H and O–H groups in total. The minimum Gasteiger partial charge on any atom is -0.444 e. The number of alkyl carbamates (subject to hydrolysis) is 1. The summed E-state index contributed by atoms with van der Waals surface area (Å²) in [5.74, 6) is 0. The van der Waals surface area contributed by atoms with Gasteiger partial charge in [-0.1, -0.05) is 30.3 Å². The number of ether oxygens (including phenoxy) is 2. The second-order valence-corrected chi connectivity index (χ2v) is 8.52. The fourth-order valence-electron chi connectivity index (χ4n) is 4.33. The third-order valence-electron chi connectivity index (χ3n) is 6.21. The number of rotatable bonds is 5. The van der Waals surface area contributed by atoms with Crippen molar-refractivity contribution in [3.63, 3.8) is 0 Å². The van der Waals surface area contributed by atoms with E-state index in [1.165, 1.54) is 6.92 Å². The van der Waals surface area contributed by atoms with E-state index in [4.69, 9.17) is 9.47 Å². The van der Waals surface area contributed by atoms with Gasteiger partial charge in [-0.3, -0.25) is 0 Å². The van der Waals surface area contributed by atoms with Crippen LogP contribution in [0.3, 0.4) is 0 Å². The summed E-state index contributed by atoms with van der Waals surface area (Å²) < 4.78 is 90.7. The Morgan fingerprint density at radius 3 is 2.26 bits per heavy atom. The van der Waals surface area contributed by atoms with Gasteiger partial charge in [0.05, 0.1) is 35.4 Å². The van der Waals surface area contributed by atoms with Crippen LogP contribution in [-0.4, -0.2) is 31.4 Å². The van der Waals surface area contributed by atoms with Crippen molar-refractivity contribution >= 4 is 6.09 Å². The highest BCUT2D eigenvalue weighted by Gasteiger charge is 2.47. The Morgan fingerprint density at radius 2 is 1.68 bits per heavy atom. The van der Waals surface area contributed by atoms with E-state index in [1.54, 1.807) is 12.1 Å². The van der Waals surface area contributed by atoms with Gasteiger partial charge in [0.1, 0.15) is 6.10 Å². The molecule has 3 unspecified atom stereocenters. The van der Waals surface area contributed by atoms with Gasteiger partial charge in [-0.15, -0.1) is 0 Å². The zero-order valence-electron chi connectivity index (χ0n) is 18.0. The first-order chi connectivity index (χ1) is 15.9. The Bertz CT molecular complexity index is 1010. The maximum absolute atomic E-state index is 13.2. The Kier molecular flexibility index (Phi) is 6.28.